The van der Waals surface area contributed by atoms with Crippen molar-refractivity contribution in [1.29, 1.82) is 0 Å². The van der Waals surface area contributed by atoms with Gasteiger partial charge in [0.15, 0.2) is 0 Å². The third kappa shape index (κ3) is 5.25. The molecule has 6 nitrogen and oxygen atoms in total. The van der Waals surface area contributed by atoms with Crippen molar-refractivity contribution in [2.24, 2.45) is 4.99 Å². The molecule has 0 aliphatic carbocycles. The van der Waals surface area contributed by atoms with Crippen molar-refractivity contribution in [3.8, 4) is 5.75 Å². The van der Waals surface area contributed by atoms with Gasteiger partial charge in [-0.15, -0.1) is 0 Å². The van der Waals surface area contributed by atoms with Crippen LogP contribution < -0.4 is 15.4 Å². The zero-order valence-electron chi connectivity index (χ0n) is 21.8. The summed E-state index contributed by atoms with van der Waals surface area (Å²) in [6, 6.07) is 16.1. The van der Waals surface area contributed by atoms with Gasteiger partial charge in [0.2, 0.25) is 0 Å². The Kier molecular flexibility index (Phi) is 6.91. The summed E-state index contributed by atoms with van der Waals surface area (Å²) in [5, 5.41) is 14.7. The molecule has 9 heteroatoms. The fourth-order valence-electron chi connectivity index (χ4n) is 4.77. The van der Waals surface area contributed by atoms with Crippen LogP contribution in [-0.2, 0) is 12.6 Å². The van der Waals surface area contributed by atoms with Crippen molar-refractivity contribution in [2.45, 2.75) is 32.5 Å². The third-order valence-corrected chi connectivity index (χ3v) is 6.79. The maximum atomic E-state index is 13.3. The predicted octanol–water partition coefficient (Wildman–Crippen LogP) is 7.14. The van der Waals surface area contributed by atoms with Gasteiger partial charge in [-0.3, -0.25) is 10.1 Å². The zero-order chi connectivity index (χ0) is 27.7. The molecule has 0 spiro atoms. The number of halogens is 3. The SMILES string of the molecule is C=C(Nc1ccc2[nH]ncc2c1)C1=C(C)NC(c2ccc(OC)c(CC)c2)=NC1c1ccc(C(F)(F)F)cc1. The normalized spacial score (nSPS) is 15.6. The van der Waals surface area contributed by atoms with E-state index in [-0.39, 0.29) is 0 Å². The van der Waals surface area contributed by atoms with Gasteiger partial charge in [0.1, 0.15) is 17.6 Å². The number of aromatic nitrogens is 2. The highest BCUT2D eigenvalue weighted by Gasteiger charge is 2.32. The van der Waals surface area contributed by atoms with Gasteiger partial charge in [-0.05, 0) is 73.0 Å². The zero-order valence-corrected chi connectivity index (χ0v) is 21.8. The van der Waals surface area contributed by atoms with Crippen LogP contribution in [0.5, 0.6) is 5.75 Å². The first-order valence-corrected chi connectivity index (χ1v) is 12.5. The van der Waals surface area contributed by atoms with Crippen LogP contribution in [0, 0.1) is 0 Å². The quantitative estimate of drug-likeness (QED) is 0.237. The lowest BCUT2D eigenvalue weighted by Crippen LogP contribution is -2.31. The van der Waals surface area contributed by atoms with E-state index < -0.39 is 17.8 Å². The Morgan fingerprint density at radius 1 is 1.08 bits per heavy atom. The summed E-state index contributed by atoms with van der Waals surface area (Å²) in [7, 11) is 1.63. The Morgan fingerprint density at radius 3 is 2.54 bits per heavy atom. The number of aromatic amines is 1. The van der Waals surface area contributed by atoms with Crippen molar-refractivity contribution in [3.63, 3.8) is 0 Å². The number of methoxy groups -OCH3 is 1. The predicted molar refractivity (Wildman–Crippen MR) is 148 cm³/mol. The van der Waals surface area contributed by atoms with Gasteiger partial charge in [0, 0.05) is 33.6 Å². The summed E-state index contributed by atoms with van der Waals surface area (Å²) in [5.41, 5.74) is 5.62. The molecule has 200 valence electrons. The third-order valence-electron chi connectivity index (χ3n) is 6.79. The van der Waals surface area contributed by atoms with Gasteiger partial charge in [-0.1, -0.05) is 25.6 Å². The smallest absolute Gasteiger partial charge is 0.416 e. The summed E-state index contributed by atoms with van der Waals surface area (Å²) < 4.78 is 45.3. The Labute approximate surface area is 224 Å². The number of anilines is 1. The second-order valence-corrected chi connectivity index (χ2v) is 9.32. The number of amidine groups is 1. The minimum absolute atomic E-state index is 0.583. The van der Waals surface area contributed by atoms with Gasteiger partial charge in [0.05, 0.1) is 24.4 Å². The molecule has 0 bridgehead atoms. The van der Waals surface area contributed by atoms with Gasteiger partial charge < -0.3 is 15.4 Å². The van der Waals surface area contributed by atoms with Gasteiger partial charge in [-0.2, -0.15) is 18.3 Å². The number of hydrogen-bond acceptors (Lipinski definition) is 5. The van der Waals surface area contributed by atoms with Crippen LogP contribution >= 0.6 is 0 Å². The van der Waals surface area contributed by atoms with Crippen LogP contribution in [-0.4, -0.2) is 23.1 Å². The molecule has 2 heterocycles. The minimum Gasteiger partial charge on any atom is -0.496 e. The van der Waals surface area contributed by atoms with Crippen molar-refractivity contribution in [1.82, 2.24) is 15.5 Å². The number of nitrogens with zero attached hydrogens (tertiary/aromatic N) is 2. The molecule has 1 unspecified atom stereocenters. The van der Waals surface area contributed by atoms with Crippen LogP contribution in [0.1, 0.15) is 42.1 Å². The molecule has 0 radical (unpaired) electrons. The first-order chi connectivity index (χ1) is 18.7. The van der Waals surface area contributed by atoms with E-state index in [9.17, 15) is 13.2 Å². The summed E-state index contributed by atoms with van der Waals surface area (Å²) in [4.78, 5) is 4.99. The molecule has 0 saturated carbocycles. The number of nitrogens with one attached hydrogen (secondary N) is 3. The topological polar surface area (TPSA) is 74.3 Å². The molecule has 1 aromatic heterocycles. The molecule has 1 aliphatic rings. The Bertz CT molecular complexity index is 1600. The average Bonchev–Trinajstić information content (AvgIpc) is 3.39. The molecule has 0 fully saturated rings. The summed E-state index contributed by atoms with van der Waals surface area (Å²) in [5.74, 6) is 1.41. The number of benzene rings is 3. The highest BCUT2D eigenvalue weighted by Crippen LogP contribution is 2.38. The van der Waals surface area contributed by atoms with E-state index in [0.29, 0.717) is 17.1 Å². The van der Waals surface area contributed by atoms with Crippen molar-refractivity contribution >= 4 is 22.4 Å². The van der Waals surface area contributed by atoms with E-state index in [4.69, 9.17) is 9.73 Å². The van der Waals surface area contributed by atoms with E-state index >= 15 is 0 Å². The number of ether oxygens (including phenoxy) is 1. The molecule has 0 saturated heterocycles. The van der Waals surface area contributed by atoms with Crippen LogP contribution in [0.2, 0.25) is 0 Å². The van der Waals surface area contributed by atoms with E-state index in [1.807, 2.05) is 50.2 Å². The van der Waals surface area contributed by atoms with E-state index in [1.165, 1.54) is 12.1 Å². The number of aliphatic imine (C=N–C) groups is 1. The molecule has 3 N–H and O–H groups in total. The lowest BCUT2D eigenvalue weighted by atomic mass is 9.92. The number of allylic oxidation sites excluding steroid dienone is 1. The Hall–Kier alpha value is -4.53. The van der Waals surface area contributed by atoms with Gasteiger partial charge in [0.25, 0.3) is 0 Å². The van der Waals surface area contributed by atoms with E-state index in [1.54, 1.807) is 13.3 Å². The number of rotatable bonds is 7. The molecule has 5 rings (SSSR count). The standard InChI is InChI=1S/C30H28F3N5O/c1-5-19-14-21(8-13-26(19)39-4)29-36-18(3)27(17(2)35-24-11-12-25-22(15-24)16-34-38-25)28(37-29)20-6-9-23(10-7-20)30(31,32)33/h6-16,28,35H,2,5H2,1,3-4H3,(H,34,38)(H,36,37). The summed E-state index contributed by atoms with van der Waals surface area (Å²) in [6.07, 6.45) is -1.92. The second kappa shape index (κ2) is 10.3. The van der Waals surface area contributed by atoms with Crippen molar-refractivity contribution < 1.29 is 17.9 Å². The summed E-state index contributed by atoms with van der Waals surface area (Å²) >= 11 is 0. The number of alkyl halides is 3. The van der Waals surface area contributed by atoms with Crippen LogP contribution in [0.3, 0.4) is 0 Å². The number of H-pyrrole nitrogens is 1. The highest BCUT2D eigenvalue weighted by atomic mass is 19.4. The number of hydrogen-bond donors (Lipinski definition) is 3. The second-order valence-electron chi connectivity index (χ2n) is 9.32. The maximum absolute atomic E-state index is 13.3. The van der Waals surface area contributed by atoms with Crippen LogP contribution in [0.4, 0.5) is 18.9 Å². The van der Waals surface area contributed by atoms with E-state index in [2.05, 4.69) is 27.4 Å². The molecule has 1 atom stereocenters. The molecule has 39 heavy (non-hydrogen) atoms. The Morgan fingerprint density at radius 2 is 1.85 bits per heavy atom. The Balaban J connectivity index is 1.54. The van der Waals surface area contributed by atoms with Crippen molar-refractivity contribution in [2.75, 3.05) is 12.4 Å². The summed E-state index contributed by atoms with van der Waals surface area (Å²) in [6.45, 7) is 8.23. The molecule has 1 aliphatic heterocycles. The molecular weight excluding hydrogens is 503 g/mol. The van der Waals surface area contributed by atoms with E-state index in [0.717, 1.165) is 63.3 Å². The largest absolute Gasteiger partial charge is 0.496 e. The highest BCUT2D eigenvalue weighted by molar-refractivity contribution is 6.01. The number of aryl methyl sites for hydroxylation is 1. The fourth-order valence-corrected chi connectivity index (χ4v) is 4.77. The minimum atomic E-state index is -4.42. The first-order valence-electron chi connectivity index (χ1n) is 12.5. The van der Waals surface area contributed by atoms with Crippen LogP contribution in [0.15, 0.2) is 95.4 Å². The number of fused-ring (bicyclic) bond motifs is 1. The fraction of sp³-hybridized carbons (Fsp3) is 0.200. The van der Waals surface area contributed by atoms with Crippen LogP contribution in [0.25, 0.3) is 10.9 Å². The van der Waals surface area contributed by atoms with Gasteiger partial charge in [-0.25, -0.2) is 0 Å². The molecule has 0 amide bonds. The maximum Gasteiger partial charge on any atom is 0.416 e. The molecule has 4 aromatic rings. The van der Waals surface area contributed by atoms with Crippen molar-refractivity contribution in [3.05, 3.63) is 113 Å². The average molecular weight is 532 g/mol. The lowest BCUT2D eigenvalue weighted by molar-refractivity contribution is -0.137. The monoisotopic (exact) mass is 531 g/mol. The molecule has 3 aromatic carbocycles. The molecular formula is C30H28F3N5O. The van der Waals surface area contributed by atoms with Gasteiger partial charge >= 0.3 is 6.18 Å². The lowest BCUT2D eigenvalue weighted by Gasteiger charge is -2.29. The first kappa shape index (κ1) is 26.1.